The lowest BCUT2D eigenvalue weighted by Gasteiger charge is -2.28. The van der Waals surface area contributed by atoms with Crippen LogP contribution >= 0.6 is 0 Å². The third-order valence-corrected chi connectivity index (χ3v) is 6.49. The van der Waals surface area contributed by atoms with Gasteiger partial charge in [0.15, 0.2) is 0 Å². The first-order chi connectivity index (χ1) is 13.8. The maximum Gasteiger partial charge on any atom is 0.128 e. The predicted molar refractivity (Wildman–Crippen MR) is 119 cm³/mol. The van der Waals surface area contributed by atoms with Crippen molar-refractivity contribution in [1.29, 1.82) is 0 Å². The van der Waals surface area contributed by atoms with Gasteiger partial charge in [0.25, 0.3) is 0 Å². The molecule has 1 aromatic heterocycles. The van der Waals surface area contributed by atoms with E-state index in [1.54, 1.807) is 0 Å². The Labute approximate surface area is 172 Å². The molecule has 0 aliphatic heterocycles. The molecule has 1 fully saturated rings. The van der Waals surface area contributed by atoms with Crippen molar-refractivity contribution in [3.05, 3.63) is 48.0 Å². The number of hydrogen-bond acceptors (Lipinski definition) is 2. The maximum atomic E-state index is 4.65. The summed E-state index contributed by atoms with van der Waals surface area (Å²) in [4.78, 5) is 9.30. The molecule has 3 rings (SSSR count). The van der Waals surface area contributed by atoms with E-state index < -0.39 is 0 Å². The first-order valence-electron chi connectivity index (χ1n) is 11.7. The van der Waals surface area contributed by atoms with E-state index in [4.69, 9.17) is 0 Å². The fourth-order valence-electron chi connectivity index (χ4n) is 4.61. The van der Waals surface area contributed by atoms with Crippen LogP contribution in [0.5, 0.6) is 0 Å². The van der Waals surface area contributed by atoms with E-state index in [1.807, 2.05) is 12.4 Å². The van der Waals surface area contributed by atoms with Crippen LogP contribution in [0, 0.1) is 11.8 Å². The van der Waals surface area contributed by atoms with Crippen molar-refractivity contribution in [2.45, 2.75) is 90.9 Å². The summed E-state index contributed by atoms with van der Waals surface area (Å²) in [5, 5.41) is 0. The molecule has 1 aliphatic carbocycles. The minimum absolute atomic E-state index is 0.886. The molecule has 0 saturated heterocycles. The van der Waals surface area contributed by atoms with E-state index in [0.29, 0.717) is 0 Å². The molecule has 2 heteroatoms. The van der Waals surface area contributed by atoms with Gasteiger partial charge in [0.2, 0.25) is 0 Å². The van der Waals surface area contributed by atoms with Crippen molar-refractivity contribution in [1.82, 2.24) is 9.97 Å². The summed E-state index contributed by atoms with van der Waals surface area (Å²) in [6.07, 6.45) is 20.0. The lowest BCUT2D eigenvalue weighted by molar-refractivity contribution is 0.248. The van der Waals surface area contributed by atoms with Crippen LogP contribution in [0.4, 0.5) is 0 Å². The Morgan fingerprint density at radius 3 is 1.96 bits per heavy atom. The number of unbranched alkanes of at least 4 members (excludes halogenated alkanes) is 2. The average molecular weight is 379 g/mol. The lowest BCUT2D eigenvalue weighted by Crippen LogP contribution is -2.15. The Kier molecular flexibility index (Phi) is 8.51. The van der Waals surface area contributed by atoms with Gasteiger partial charge in [0, 0.05) is 24.4 Å². The zero-order chi connectivity index (χ0) is 19.6. The molecule has 1 aromatic carbocycles. The van der Waals surface area contributed by atoms with Crippen molar-refractivity contribution < 1.29 is 0 Å². The molecule has 0 bridgehead atoms. The summed E-state index contributed by atoms with van der Waals surface area (Å²) in [6, 6.07) is 8.85. The minimum Gasteiger partial charge on any atom is -0.241 e. The van der Waals surface area contributed by atoms with Gasteiger partial charge in [-0.3, -0.25) is 0 Å². The zero-order valence-electron chi connectivity index (χ0n) is 18.0. The lowest BCUT2D eigenvalue weighted by atomic mass is 9.78. The van der Waals surface area contributed by atoms with Crippen LogP contribution < -0.4 is 0 Å². The predicted octanol–water partition coefficient (Wildman–Crippen LogP) is 7.42. The summed E-state index contributed by atoms with van der Waals surface area (Å²) < 4.78 is 0. The third-order valence-electron chi connectivity index (χ3n) is 6.49. The van der Waals surface area contributed by atoms with Crippen molar-refractivity contribution in [3.63, 3.8) is 0 Å². The highest BCUT2D eigenvalue weighted by molar-refractivity contribution is 5.61. The Hall–Kier alpha value is -1.70. The summed E-state index contributed by atoms with van der Waals surface area (Å²) >= 11 is 0. The van der Waals surface area contributed by atoms with Gasteiger partial charge in [-0.2, -0.15) is 0 Å². The van der Waals surface area contributed by atoms with Gasteiger partial charge in [-0.1, -0.05) is 95.9 Å². The SMILES string of the molecule is CCCCC[C@H]1CC[C@H](CCc2ncc(-c3ccc(CCC)cc3)cn2)CC1. The number of nitrogens with zero attached hydrogens (tertiary/aromatic N) is 2. The number of aromatic nitrogens is 2. The van der Waals surface area contributed by atoms with E-state index in [1.165, 1.54) is 75.3 Å². The first-order valence-corrected chi connectivity index (χ1v) is 11.7. The fraction of sp³-hybridized carbons (Fsp3) is 0.615. The third kappa shape index (κ3) is 6.43. The molecule has 0 unspecified atom stereocenters. The molecule has 0 N–H and O–H groups in total. The summed E-state index contributed by atoms with van der Waals surface area (Å²) in [6.45, 7) is 4.52. The van der Waals surface area contributed by atoms with E-state index in [9.17, 15) is 0 Å². The van der Waals surface area contributed by atoms with Crippen LogP contribution in [0.25, 0.3) is 11.1 Å². The number of hydrogen-bond donors (Lipinski definition) is 0. The van der Waals surface area contributed by atoms with Crippen LogP contribution in [-0.2, 0) is 12.8 Å². The fourth-order valence-corrected chi connectivity index (χ4v) is 4.61. The second-order valence-electron chi connectivity index (χ2n) is 8.76. The van der Waals surface area contributed by atoms with E-state index in [-0.39, 0.29) is 0 Å². The maximum absolute atomic E-state index is 4.65. The molecule has 0 radical (unpaired) electrons. The largest absolute Gasteiger partial charge is 0.241 e. The Morgan fingerprint density at radius 2 is 1.36 bits per heavy atom. The standard InChI is InChI=1S/C26H38N2/c1-3-5-6-8-22-9-11-23(12-10-22)15-18-26-27-19-25(20-28-26)24-16-13-21(7-4-2)14-17-24/h13-14,16-17,19-20,22-23H,3-12,15,18H2,1-2H3/t22-,23-. The molecule has 0 atom stereocenters. The monoisotopic (exact) mass is 378 g/mol. The van der Waals surface area contributed by atoms with Gasteiger partial charge in [0.1, 0.15) is 5.82 Å². The molecule has 1 aliphatic rings. The van der Waals surface area contributed by atoms with Crippen molar-refractivity contribution in [3.8, 4) is 11.1 Å². The van der Waals surface area contributed by atoms with Gasteiger partial charge in [-0.15, -0.1) is 0 Å². The highest BCUT2D eigenvalue weighted by Crippen LogP contribution is 2.34. The molecule has 0 amide bonds. The normalized spacial score (nSPS) is 19.6. The van der Waals surface area contributed by atoms with Gasteiger partial charge in [-0.25, -0.2) is 9.97 Å². The second-order valence-corrected chi connectivity index (χ2v) is 8.76. The van der Waals surface area contributed by atoms with Gasteiger partial charge in [-0.05, 0) is 35.8 Å². The van der Waals surface area contributed by atoms with E-state index >= 15 is 0 Å². The molecule has 152 valence electrons. The van der Waals surface area contributed by atoms with Crippen LogP contribution in [0.15, 0.2) is 36.7 Å². The Balaban J connectivity index is 1.42. The molecule has 1 saturated carbocycles. The molecular weight excluding hydrogens is 340 g/mol. The quantitative estimate of drug-likeness (QED) is 0.402. The molecule has 2 aromatic rings. The van der Waals surface area contributed by atoms with Crippen LogP contribution in [0.2, 0.25) is 0 Å². The summed E-state index contributed by atoms with van der Waals surface area (Å²) in [5.74, 6) is 2.90. The van der Waals surface area contributed by atoms with E-state index in [0.717, 1.165) is 36.1 Å². The Morgan fingerprint density at radius 1 is 0.714 bits per heavy atom. The second kappa shape index (κ2) is 11.3. The van der Waals surface area contributed by atoms with Crippen LogP contribution in [-0.4, -0.2) is 9.97 Å². The van der Waals surface area contributed by atoms with Crippen molar-refractivity contribution >= 4 is 0 Å². The average Bonchev–Trinajstić information content (AvgIpc) is 2.75. The highest BCUT2D eigenvalue weighted by Gasteiger charge is 2.20. The summed E-state index contributed by atoms with van der Waals surface area (Å²) in [7, 11) is 0. The summed E-state index contributed by atoms with van der Waals surface area (Å²) in [5.41, 5.74) is 3.75. The highest BCUT2D eigenvalue weighted by atomic mass is 14.9. The smallest absolute Gasteiger partial charge is 0.128 e. The zero-order valence-corrected chi connectivity index (χ0v) is 18.0. The molecular formula is C26H38N2. The molecule has 28 heavy (non-hydrogen) atoms. The van der Waals surface area contributed by atoms with Gasteiger partial charge in [0.05, 0.1) is 0 Å². The number of benzene rings is 1. The van der Waals surface area contributed by atoms with Gasteiger partial charge >= 0.3 is 0 Å². The van der Waals surface area contributed by atoms with E-state index in [2.05, 4.69) is 48.1 Å². The van der Waals surface area contributed by atoms with Crippen LogP contribution in [0.1, 0.15) is 89.4 Å². The van der Waals surface area contributed by atoms with Crippen molar-refractivity contribution in [2.24, 2.45) is 11.8 Å². The number of rotatable bonds is 10. The molecule has 2 nitrogen and oxygen atoms in total. The van der Waals surface area contributed by atoms with Crippen molar-refractivity contribution in [2.75, 3.05) is 0 Å². The molecule has 1 heterocycles. The topological polar surface area (TPSA) is 25.8 Å². The van der Waals surface area contributed by atoms with Gasteiger partial charge < -0.3 is 0 Å². The Bertz CT molecular complexity index is 667. The number of aryl methyl sites for hydroxylation is 2. The molecule has 0 spiro atoms. The van der Waals surface area contributed by atoms with Crippen LogP contribution in [0.3, 0.4) is 0 Å². The first kappa shape index (κ1) is 21.0. The minimum atomic E-state index is 0.886.